The minimum absolute atomic E-state index is 0.00591. The molecule has 0 aliphatic heterocycles. The van der Waals surface area contributed by atoms with E-state index in [1.54, 1.807) is 32.0 Å². The number of aryl methyl sites for hydroxylation is 2. The standard InChI is InChI=1S/C27H30N4O2S2/c1-14(2)30-25(32)23-19(13-28-30)21-16-8-9-27(11-16,24(21)35-23)10-15(3)31-26(33)22-18(12-29-31)17-6-4-5-7-20(17)34-22/h12-16H,4-11H2,1-3H3/t15?,16?,27-/m1/s1. The van der Waals surface area contributed by atoms with Crippen molar-refractivity contribution in [2.75, 3.05) is 0 Å². The van der Waals surface area contributed by atoms with Gasteiger partial charge >= 0.3 is 0 Å². The topological polar surface area (TPSA) is 69.8 Å². The van der Waals surface area contributed by atoms with Crippen molar-refractivity contribution in [1.29, 1.82) is 0 Å². The van der Waals surface area contributed by atoms with Crippen molar-refractivity contribution in [3.8, 4) is 0 Å². The highest BCUT2D eigenvalue weighted by Gasteiger charge is 2.52. The SMILES string of the molecule is CC(C)n1ncc2c3c(sc2c1=O)[C@@]1(CC(C)n2ncc4c5c(sc4c2=O)CCCC5)CCC3C1. The van der Waals surface area contributed by atoms with Crippen molar-refractivity contribution in [1.82, 2.24) is 19.6 Å². The minimum Gasteiger partial charge on any atom is -0.266 e. The largest absolute Gasteiger partial charge is 0.284 e. The number of rotatable bonds is 4. The van der Waals surface area contributed by atoms with E-state index in [1.807, 2.05) is 26.2 Å². The summed E-state index contributed by atoms with van der Waals surface area (Å²) in [4.78, 5) is 29.5. The first kappa shape index (κ1) is 21.9. The Labute approximate surface area is 211 Å². The zero-order valence-corrected chi connectivity index (χ0v) is 22.1. The maximum atomic E-state index is 13.6. The van der Waals surface area contributed by atoms with Crippen molar-refractivity contribution >= 4 is 42.8 Å². The van der Waals surface area contributed by atoms with Crippen molar-refractivity contribution < 1.29 is 0 Å². The molecule has 8 heteroatoms. The van der Waals surface area contributed by atoms with E-state index in [-0.39, 0.29) is 28.6 Å². The lowest BCUT2D eigenvalue weighted by atomic mass is 9.79. The molecule has 4 aromatic heterocycles. The lowest BCUT2D eigenvalue weighted by Crippen LogP contribution is -2.31. The van der Waals surface area contributed by atoms with Crippen LogP contribution >= 0.6 is 22.7 Å². The van der Waals surface area contributed by atoms with E-state index in [4.69, 9.17) is 5.10 Å². The lowest BCUT2D eigenvalue weighted by molar-refractivity contribution is 0.319. The molecule has 3 atom stereocenters. The Kier molecular flexibility index (Phi) is 4.75. The van der Waals surface area contributed by atoms with Crippen LogP contribution in [0.5, 0.6) is 0 Å². The van der Waals surface area contributed by atoms with Crippen LogP contribution in [0, 0.1) is 0 Å². The van der Waals surface area contributed by atoms with E-state index in [0.29, 0.717) is 5.92 Å². The Morgan fingerprint density at radius 3 is 2.54 bits per heavy atom. The first-order chi connectivity index (χ1) is 16.9. The number of nitrogens with zero attached hydrogens (tertiary/aromatic N) is 4. The van der Waals surface area contributed by atoms with Crippen LogP contribution in [0.4, 0.5) is 0 Å². The van der Waals surface area contributed by atoms with Gasteiger partial charge in [0.25, 0.3) is 11.1 Å². The molecule has 0 aromatic carbocycles. The Morgan fingerprint density at radius 1 is 1.00 bits per heavy atom. The molecule has 2 bridgehead atoms. The first-order valence-electron chi connectivity index (χ1n) is 12.9. The molecule has 0 amide bonds. The van der Waals surface area contributed by atoms with Gasteiger partial charge in [0.15, 0.2) is 0 Å². The van der Waals surface area contributed by atoms with Gasteiger partial charge in [-0.05, 0) is 89.2 Å². The van der Waals surface area contributed by atoms with Gasteiger partial charge in [-0.3, -0.25) is 9.59 Å². The second-order valence-corrected chi connectivity index (χ2v) is 13.3. The summed E-state index contributed by atoms with van der Waals surface area (Å²) in [7, 11) is 0. The summed E-state index contributed by atoms with van der Waals surface area (Å²) in [5.74, 6) is 0.498. The van der Waals surface area contributed by atoms with Gasteiger partial charge in [0.05, 0.1) is 24.5 Å². The average molecular weight is 507 g/mol. The molecule has 0 spiro atoms. The predicted molar refractivity (Wildman–Crippen MR) is 142 cm³/mol. The Morgan fingerprint density at radius 2 is 1.71 bits per heavy atom. The monoisotopic (exact) mass is 506 g/mol. The van der Waals surface area contributed by atoms with Gasteiger partial charge in [0.1, 0.15) is 9.40 Å². The van der Waals surface area contributed by atoms with E-state index in [9.17, 15) is 9.59 Å². The second kappa shape index (κ2) is 7.59. The Bertz CT molecular complexity index is 1620. The number of hydrogen-bond donors (Lipinski definition) is 0. The highest BCUT2D eigenvalue weighted by molar-refractivity contribution is 7.19. The van der Waals surface area contributed by atoms with Crippen LogP contribution in [0.2, 0.25) is 0 Å². The molecule has 6 nitrogen and oxygen atoms in total. The fourth-order valence-electron chi connectivity index (χ4n) is 7.17. The lowest BCUT2D eigenvalue weighted by Gasteiger charge is -2.30. The smallest absolute Gasteiger partial charge is 0.266 e. The number of fused-ring (bicyclic) bond motifs is 10. The number of hydrogen-bond acceptors (Lipinski definition) is 6. The van der Waals surface area contributed by atoms with Crippen LogP contribution in [0.15, 0.2) is 22.0 Å². The Balaban J connectivity index is 1.29. The van der Waals surface area contributed by atoms with Gasteiger partial charge in [-0.25, -0.2) is 9.36 Å². The van der Waals surface area contributed by atoms with Crippen LogP contribution in [-0.4, -0.2) is 19.6 Å². The van der Waals surface area contributed by atoms with Crippen molar-refractivity contribution in [3.05, 3.63) is 54.0 Å². The zero-order valence-electron chi connectivity index (χ0n) is 20.5. The summed E-state index contributed by atoms with van der Waals surface area (Å²) in [6.45, 7) is 6.15. The predicted octanol–water partition coefficient (Wildman–Crippen LogP) is 5.86. The molecule has 4 heterocycles. The fourth-order valence-corrected chi connectivity index (χ4v) is 10.00. The van der Waals surface area contributed by atoms with Gasteiger partial charge in [-0.15, -0.1) is 22.7 Å². The molecule has 0 radical (unpaired) electrons. The highest BCUT2D eigenvalue weighted by Crippen LogP contribution is 2.63. The number of aromatic nitrogens is 4. The molecule has 4 aromatic rings. The summed E-state index contributed by atoms with van der Waals surface area (Å²) in [5.41, 5.74) is 2.86. The molecule has 2 unspecified atom stereocenters. The molecule has 3 aliphatic carbocycles. The van der Waals surface area contributed by atoms with Crippen molar-refractivity contribution in [2.24, 2.45) is 0 Å². The van der Waals surface area contributed by atoms with Gasteiger partial charge < -0.3 is 0 Å². The summed E-state index contributed by atoms with van der Waals surface area (Å²) in [5, 5.41) is 11.3. The summed E-state index contributed by atoms with van der Waals surface area (Å²) >= 11 is 3.38. The Hall–Kier alpha value is -2.32. The van der Waals surface area contributed by atoms with E-state index >= 15 is 0 Å². The average Bonchev–Trinajstić information content (AvgIpc) is 3.58. The second-order valence-electron chi connectivity index (χ2n) is 11.2. The van der Waals surface area contributed by atoms with E-state index in [1.165, 1.54) is 33.7 Å². The van der Waals surface area contributed by atoms with Gasteiger partial charge in [-0.1, -0.05) is 0 Å². The number of thiophene rings is 2. The van der Waals surface area contributed by atoms with Gasteiger partial charge in [0, 0.05) is 25.9 Å². The molecular formula is C27H30N4O2S2. The van der Waals surface area contributed by atoms with E-state index in [0.717, 1.165) is 58.7 Å². The molecule has 0 saturated heterocycles. The molecule has 1 saturated carbocycles. The normalized spacial score (nSPS) is 23.9. The van der Waals surface area contributed by atoms with Crippen LogP contribution in [-0.2, 0) is 18.3 Å². The van der Waals surface area contributed by atoms with Crippen LogP contribution in [0.3, 0.4) is 0 Å². The van der Waals surface area contributed by atoms with E-state index in [2.05, 4.69) is 12.0 Å². The van der Waals surface area contributed by atoms with Crippen LogP contribution in [0.1, 0.15) is 98.2 Å². The first-order valence-corrected chi connectivity index (χ1v) is 14.6. The molecule has 182 valence electrons. The molecule has 35 heavy (non-hydrogen) atoms. The van der Waals surface area contributed by atoms with Crippen molar-refractivity contribution in [3.63, 3.8) is 0 Å². The van der Waals surface area contributed by atoms with Crippen LogP contribution in [0.25, 0.3) is 20.2 Å². The molecular weight excluding hydrogens is 476 g/mol. The van der Waals surface area contributed by atoms with Gasteiger partial charge in [-0.2, -0.15) is 10.2 Å². The van der Waals surface area contributed by atoms with Crippen LogP contribution < -0.4 is 11.1 Å². The quantitative estimate of drug-likeness (QED) is 0.348. The zero-order chi connectivity index (χ0) is 24.1. The molecule has 0 N–H and O–H groups in total. The van der Waals surface area contributed by atoms with E-state index < -0.39 is 0 Å². The molecule has 1 fully saturated rings. The van der Waals surface area contributed by atoms with Gasteiger partial charge in [0.2, 0.25) is 0 Å². The third kappa shape index (κ3) is 2.99. The fraction of sp³-hybridized carbons (Fsp3) is 0.556. The summed E-state index contributed by atoms with van der Waals surface area (Å²) in [6.07, 6.45) is 12.7. The maximum absolute atomic E-state index is 13.6. The maximum Gasteiger partial charge on any atom is 0.284 e. The highest BCUT2D eigenvalue weighted by atomic mass is 32.1. The third-order valence-corrected chi connectivity index (χ3v) is 11.5. The van der Waals surface area contributed by atoms with Crippen molar-refractivity contribution in [2.45, 2.75) is 95.6 Å². The minimum atomic E-state index is 0.00591. The molecule has 7 rings (SSSR count). The summed E-state index contributed by atoms with van der Waals surface area (Å²) in [6, 6.07) is 0.0525. The summed E-state index contributed by atoms with van der Waals surface area (Å²) < 4.78 is 5.08. The molecule has 3 aliphatic rings. The third-order valence-electron chi connectivity index (χ3n) is 8.71.